The topological polar surface area (TPSA) is 116 Å². The van der Waals surface area contributed by atoms with E-state index in [-0.39, 0.29) is 24.8 Å². The quantitative estimate of drug-likeness (QED) is 0.470. The van der Waals surface area contributed by atoms with Crippen LogP contribution < -0.4 is 20.1 Å². The molecule has 0 unspecified atom stereocenters. The highest BCUT2D eigenvalue weighted by Crippen LogP contribution is 2.20. The molecule has 2 aromatic carbocycles. The first-order valence-electron chi connectivity index (χ1n) is 10.7. The van der Waals surface area contributed by atoms with Gasteiger partial charge < -0.3 is 20.1 Å². The number of hydrogen-bond donors (Lipinski definition) is 2. The molecular weight excluding hydrogens is 424 g/mol. The van der Waals surface area contributed by atoms with Crippen molar-refractivity contribution in [1.29, 1.82) is 0 Å². The van der Waals surface area contributed by atoms with Crippen LogP contribution in [0.3, 0.4) is 0 Å². The average molecular weight is 453 g/mol. The molecular formula is C24H28N4O5. The Morgan fingerprint density at radius 3 is 1.42 bits per heavy atom. The summed E-state index contributed by atoms with van der Waals surface area (Å²) >= 11 is 0. The Morgan fingerprint density at radius 2 is 1.09 bits per heavy atom. The van der Waals surface area contributed by atoms with Crippen LogP contribution in [0.25, 0.3) is 0 Å². The van der Waals surface area contributed by atoms with Gasteiger partial charge in [0, 0.05) is 0 Å². The maximum atomic E-state index is 12.2. The van der Waals surface area contributed by atoms with Gasteiger partial charge in [-0.3, -0.25) is 9.59 Å². The first-order valence-corrected chi connectivity index (χ1v) is 10.7. The fourth-order valence-corrected chi connectivity index (χ4v) is 2.88. The number of nitrogens with one attached hydrogen (secondary N) is 2. The van der Waals surface area contributed by atoms with E-state index in [9.17, 15) is 9.59 Å². The van der Waals surface area contributed by atoms with E-state index in [0.717, 1.165) is 0 Å². The van der Waals surface area contributed by atoms with Crippen LogP contribution in [-0.4, -0.2) is 35.3 Å². The summed E-state index contributed by atoms with van der Waals surface area (Å²) in [6.07, 6.45) is 0. The van der Waals surface area contributed by atoms with Crippen LogP contribution in [-0.2, 0) is 9.59 Å². The monoisotopic (exact) mass is 452 g/mol. The molecule has 0 aliphatic carbocycles. The Labute approximate surface area is 192 Å². The number of hydrogen-bond acceptors (Lipinski definition) is 7. The Bertz CT molecular complexity index is 975. The van der Waals surface area contributed by atoms with Gasteiger partial charge >= 0.3 is 0 Å². The average Bonchev–Trinajstić information content (AvgIpc) is 3.23. The predicted molar refractivity (Wildman–Crippen MR) is 124 cm³/mol. The van der Waals surface area contributed by atoms with E-state index < -0.39 is 11.8 Å². The van der Waals surface area contributed by atoms with Gasteiger partial charge in [0.2, 0.25) is 11.6 Å². The molecule has 0 aliphatic rings. The van der Waals surface area contributed by atoms with Crippen LogP contribution in [0, 0.1) is 0 Å². The smallest absolute Gasteiger partial charge is 0.263 e. The molecule has 0 aliphatic heterocycles. The summed E-state index contributed by atoms with van der Waals surface area (Å²) < 4.78 is 15.6. The van der Waals surface area contributed by atoms with E-state index in [1.165, 1.54) is 11.1 Å². The molecule has 0 radical (unpaired) electrons. The minimum absolute atomic E-state index is 0.0200. The zero-order chi connectivity index (χ0) is 23.8. The first-order chi connectivity index (χ1) is 15.8. The molecule has 174 valence electrons. The number of carbonyl (C=O) groups is 2. The van der Waals surface area contributed by atoms with Crippen LogP contribution in [0.2, 0.25) is 0 Å². The lowest BCUT2D eigenvalue weighted by molar-refractivity contribution is -0.119. The number of aromatic nitrogens is 2. The Morgan fingerprint density at radius 1 is 0.727 bits per heavy atom. The normalized spacial score (nSPS) is 10.8. The van der Waals surface area contributed by atoms with Crippen LogP contribution in [0.4, 0.5) is 11.6 Å². The lowest BCUT2D eigenvalue weighted by atomic mass is 10.0. The molecule has 3 rings (SSSR count). The molecule has 0 bridgehead atoms. The second-order valence-electron chi connectivity index (χ2n) is 8.08. The lowest BCUT2D eigenvalue weighted by Gasteiger charge is -2.09. The van der Waals surface area contributed by atoms with Gasteiger partial charge in [-0.2, -0.15) is 0 Å². The lowest BCUT2D eigenvalue weighted by Crippen LogP contribution is -2.23. The van der Waals surface area contributed by atoms with Crippen molar-refractivity contribution < 1.29 is 23.7 Å². The summed E-state index contributed by atoms with van der Waals surface area (Å²) in [5, 5.41) is 12.2. The van der Waals surface area contributed by atoms with Crippen LogP contribution >= 0.6 is 0 Å². The van der Waals surface area contributed by atoms with Gasteiger partial charge in [-0.15, -0.1) is 0 Å². The summed E-state index contributed by atoms with van der Waals surface area (Å²) in [6, 6.07) is 15.0. The molecule has 9 heteroatoms. The van der Waals surface area contributed by atoms with Crippen LogP contribution in [0.1, 0.15) is 50.7 Å². The summed E-state index contributed by atoms with van der Waals surface area (Å²) in [5.41, 5.74) is 2.36. The number of nitrogens with zero attached hydrogens (tertiary/aromatic N) is 2. The molecule has 2 N–H and O–H groups in total. The highest BCUT2D eigenvalue weighted by molar-refractivity contribution is 5.98. The molecule has 33 heavy (non-hydrogen) atoms. The number of ether oxygens (including phenoxy) is 2. The van der Waals surface area contributed by atoms with Gasteiger partial charge in [-0.25, -0.2) is 4.63 Å². The van der Waals surface area contributed by atoms with Crippen molar-refractivity contribution in [3.05, 3.63) is 59.7 Å². The van der Waals surface area contributed by atoms with Crippen molar-refractivity contribution in [2.75, 3.05) is 23.8 Å². The van der Waals surface area contributed by atoms with Gasteiger partial charge in [0.15, 0.2) is 13.2 Å². The first kappa shape index (κ1) is 23.8. The zero-order valence-electron chi connectivity index (χ0n) is 19.1. The van der Waals surface area contributed by atoms with Crippen molar-refractivity contribution >= 4 is 23.5 Å². The molecule has 0 saturated heterocycles. The fraction of sp³-hybridized carbons (Fsp3) is 0.333. The number of amides is 2. The standard InChI is InChI=1S/C24H28N4O5/c1-15(2)17-5-9-19(10-6-17)31-13-21(29)25-23-24(28-33-27-23)26-22(30)14-32-20-11-7-18(8-12-20)16(3)4/h5-12,15-16H,13-14H2,1-4H3,(H,25,27,29)(H,26,28,30). The minimum Gasteiger partial charge on any atom is -0.484 e. The van der Waals surface area contributed by atoms with Crippen LogP contribution in [0.15, 0.2) is 53.2 Å². The predicted octanol–water partition coefficient (Wildman–Crippen LogP) is 4.35. The highest BCUT2D eigenvalue weighted by atomic mass is 16.6. The molecule has 0 atom stereocenters. The molecule has 0 saturated carbocycles. The van der Waals surface area contributed by atoms with Gasteiger partial charge in [0.1, 0.15) is 11.5 Å². The molecule has 3 aromatic rings. The molecule has 2 amide bonds. The van der Waals surface area contributed by atoms with Crippen molar-refractivity contribution in [2.24, 2.45) is 0 Å². The molecule has 1 heterocycles. The Balaban J connectivity index is 1.46. The van der Waals surface area contributed by atoms with Gasteiger partial charge in [-0.05, 0) is 57.5 Å². The third-order valence-corrected chi connectivity index (χ3v) is 4.84. The third-order valence-electron chi connectivity index (χ3n) is 4.84. The maximum absolute atomic E-state index is 12.2. The van der Waals surface area contributed by atoms with E-state index in [2.05, 4.69) is 53.3 Å². The summed E-state index contributed by atoms with van der Waals surface area (Å²) in [7, 11) is 0. The molecule has 0 spiro atoms. The SMILES string of the molecule is CC(C)c1ccc(OCC(=O)Nc2nonc2NC(=O)COc2ccc(C(C)C)cc2)cc1. The third kappa shape index (κ3) is 7.06. The highest BCUT2D eigenvalue weighted by Gasteiger charge is 2.16. The van der Waals surface area contributed by atoms with Crippen molar-refractivity contribution in [3.63, 3.8) is 0 Å². The second-order valence-corrected chi connectivity index (χ2v) is 8.08. The van der Waals surface area contributed by atoms with E-state index >= 15 is 0 Å². The van der Waals surface area contributed by atoms with E-state index in [1.807, 2.05) is 48.5 Å². The largest absolute Gasteiger partial charge is 0.484 e. The maximum Gasteiger partial charge on any atom is 0.263 e. The van der Waals surface area contributed by atoms with Crippen molar-refractivity contribution in [3.8, 4) is 11.5 Å². The number of anilines is 2. The van der Waals surface area contributed by atoms with E-state index in [0.29, 0.717) is 23.3 Å². The molecule has 9 nitrogen and oxygen atoms in total. The van der Waals surface area contributed by atoms with Crippen molar-refractivity contribution in [2.45, 2.75) is 39.5 Å². The number of carbonyl (C=O) groups excluding carboxylic acids is 2. The Hall–Kier alpha value is -3.88. The van der Waals surface area contributed by atoms with Gasteiger partial charge in [0.05, 0.1) is 0 Å². The summed E-state index contributed by atoms with van der Waals surface area (Å²) in [4.78, 5) is 24.4. The fourth-order valence-electron chi connectivity index (χ4n) is 2.88. The number of rotatable bonds is 10. The van der Waals surface area contributed by atoms with Gasteiger partial charge in [0.25, 0.3) is 11.8 Å². The van der Waals surface area contributed by atoms with E-state index in [4.69, 9.17) is 9.47 Å². The second kappa shape index (κ2) is 11.1. The number of benzene rings is 2. The van der Waals surface area contributed by atoms with Crippen molar-refractivity contribution in [1.82, 2.24) is 10.3 Å². The zero-order valence-corrected chi connectivity index (χ0v) is 19.1. The van der Waals surface area contributed by atoms with E-state index in [1.54, 1.807) is 0 Å². The molecule has 1 aromatic heterocycles. The summed E-state index contributed by atoms with van der Waals surface area (Å²) in [6.45, 7) is 7.92. The van der Waals surface area contributed by atoms with Gasteiger partial charge in [-0.1, -0.05) is 52.0 Å². The Kier molecular flexibility index (Phi) is 8.01. The summed E-state index contributed by atoms with van der Waals surface area (Å²) in [5.74, 6) is 0.964. The van der Waals surface area contributed by atoms with Crippen LogP contribution in [0.5, 0.6) is 11.5 Å². The molecule has 0 fully saturated rings. The minimum atomic E-state index is -0.476.